The molecule has 7 nitrogen and oxygen atoms in total. The quantitative estimate of drug-likeness (QED) is 0.571. The molecule has 1 aromatic heterocycles. The Hall–Kier alpha value is -3.68. The Morgan fingerprint density at radius 1 is 1.11 bits per heavy atom. The molecular formula is C27H30FN5O2. The van der Waals surface area contributed by atoms with E-state index in [9.17, 15) is 14.0 Å². The van der Waals surface area contributed by atoms with Gasteiger partial charge in [-0.3, -0.25) is 4.79 Å². The number of halogens is 1. The molecule has 8 heteroatoms. The lowest BCUT2D eigenvalue weighted by Crippen LogP contribution is -2.44. The van der Waals surface area contributed by atoms with Crippen LogP contribution in [0.25, 0.3) is 5.69 Å². The van der Waals surface area contributed by atoms with E-state index in [4.69, 9.17) is 5.10 Å². The number of aryl methyl sites for hydroxylation is 1. The molecule has 35 heavy (non-hydrogen) atoms. The first-order valence-electron chi connectivity index (χ1n) is 12.3. The number of likely N-dealkylation sites (tertiary alicyclic amines) is 1. The molecule has 1 aliphatic carbocycles. The zero-order valence-electron chi connectivity index (χ0n) is 19.9. The van der Waals surface area contributed by atoms with Crippen LogP contribution in [0, 0.1) is 18.7 Å². The molecule has 0 radical (unpaired) electrons. The van der Waals surface area contributed by atoms with Gasteiger partial charge in [-0.25, -0.2) is 13.9 Å². The van der Waals surface area contributed by atoms with Crippen LogP contribution in [0.15, 0.2) is 48.5 Å². The number of fused-ring (bicyclic) bond motifs is 1. The van der Waals surface area contributed by atoms with Crippen molar-refractivity contribution in [2.75, 3.05) is 25.0 Å². The Morgan fingerprint density at radius 3 is 2.80 bits per heavy atom. The summed E-state index contributed by atoms with van der Waals surface area (Å²) in [6, 6.07) is 13.5. The second-order valence-corrected chi connectivity index (χ2v) is 9.43. The van der Waals surface area contributed by atoms with E-state index in [1.54, 1.807) is 12.1 Å². The molecule has 3 amide bonds. The van der Waals surface area contributed by atoms with Crippen molar-refractivity contribution < 1.29 is 14.0 Å². The topological polar surface area (TPSA) is 79.3 Å². The highest BCUT2D eigenvalue weighted by atomic mass is 19.1. The van der Waals surface area contributed by atoms with Crippen LogP contribution < -0.4 is 10.6 Å². The van der Waals surface area contributed by atoms with Gasteiger partial charge in [-0.15, -0.1) is 0 Å². The van der Waals surface area contributed by atoms with Gasteiger partial charge in [-0.1, -0.05) is 24.3 Å². The molecule has 2 heterocycles. The first kappa shape index (κ1) is 23.1. The van der Waals surface area contributed by atoms with Gasteiger partial charge in [0.05, 0.1) is 5.69 Å². The molecule has 2 aliphatic rings. The average molecular weight is 476 g/mol. The minimum Gasteiger partial charge on any atom is -0.338 e. The van der Waals surface area contributed by atoms with Crippen molar-refractivity contribution in [1.29, 1.82) is 0 Å². The number of hydrogen-bond acceptors (Lipinski definition) is 3. The molecular weight excluding hydrogens is 445 g/mol. The van der Waals surface area contributed by atoms with E-state index in [-0.39, 0.29) is 17.9 Å². The number of hydrogen-bond donors (Lipinski definition) is 2. The van der Waals surface area contributed by atoms with E-state index >= 15 is 0 Å². The van der Waals surface area contributed by atoms with Gasteiger partial charge in [-0.05, 0) is 74.8 Å². The van der Waals surface area contributed by atoms with Crippen molar-refractivity contribution in [1.82, 2.24) is 20.0 Å². The predicted molar refractivity (Wildman–Crippen MR) is 132 cm³/mol. The molecule has 0 saturated carbocycles. The third-order valence-corrected chi connectivity index (χ3v) is 6.92. The van der Waals surface area contributed by atoms with Crippen LogP contribution in [-0.4, -0.2) is 46.3 Å². The maximum absolute atomic E-state index is 13.6. The summed E-state index contributed by atoms with van der Waals surface area (Å²) >= 11 is 0. The number of carbonyl (C=O) groups excluding carboxylic acids is 2. The molecule has 0 bridgehead atoms. The van der Waals surface area contributed by atoms with Gasteiger partial charge in [0.1, 0.15) is 5.82 Å². The lowest BCUT2D eigenvalue weighted by atomic mass is 9.97. The van der Waals surface area contributed by atoms with E-state index in [2.05, 4.69) is 23.6 Å². The maximum Gasteiger partial charge on any atom is 0.319 e. The summed E-state index contributed by atoms with van der Waals surface area (Å²) in [4.78, 5) is 27.7. The third kappa shape index (κ3) is 4.92. The van der Waals surface area contributed by atoms with Gasteiger partial charge >= 0.3 is 6.03 Å². The number of benzene rings is 2. The van der Waals surface area contributed by atoms with Crippen molar-refractivity contribution in [3.63, 3.8) is 0 Å². The molecule has 1 aliphatic heterocycles. The Morgan fingerprint density at radius 2 is 1.97 bits per heavy atom. The van der Waals surface area contributed by atoms with Crippen LogP contribution in [0.4, 0.5) is 14.9 Å². The summed E-state index contributed by atoms with van der Waals surface area (Å²) in [7, 11) is 0. The standard InChI is InChI=1S/C27H30FN5O2/c1-18-7-2-3-12-23(18)33-24-13-5-11-22(24)25(31-33)26(34)32-14-6-8-19(17-32)16-29-27(35)30-21-10-4-9-20(28)15-21/h2-4,7,9-10,12,15,19H,5-6,8,11,13-14,16-17H2,1H3,(H2,29,30,35). The zero-order chi connectivity index (χ0) is 24.4. The molecule has 182 valence electrons. The van der Waals surface area contributed by atoms with Crippen molar-refractivity contribution >= 4 is 17.6 Å². The van der Waals surface area contributed by atoms with Gasteiger partial charge < -0.3 is 15.5 Å². The highest BCUT2D eigenvalue weighted by molar-refractivity contribution is 5.94. The molecule has 1 atom stereocenters. The highest BCUT2D eigenvalue weighted by Gasteiger charge is 2.32. The van der Waals surface area contributed by atoms with Gasteiger partial charge in [-0.2, -0.15) is 5.10 Å². The second-order valence-electron chi connectivity index (χ2n) is 9.43. The number of nitrogens with zero attached hydrogens (tertiary/aromatic N) is 3. The maximum atomic E-state index is 13.6. The zero-order valence-corrected chi connectivity index (χ0v) is 19.9. The molecule has 1 fully saturated rings. The number of rotatable bonds is 5. The lowest BCUT2D eigenvalue weighted by molar-refractivity contribution is 0.0667. The number of amides is 3. The van der Waals surface area contributed by atoms with Gasteiger partial charge in [0.2, 0.25) is 0 Å². The Bertz CT molecular complexity index is 1250. The number of anilines is 1. The van der Waals surface area contributed by atoms with Crippen molar-refractivity contribution in [3.8, 4) is 5.69 Å². The molecule has 0 spiro atoms. The molecule has 3 aromatic rings. The minimum atomic E-state index is -0.402. The van der Waals surface area contributed by atoms with E-state index < -0.39 is 5.82 Å². The summed E-state index contributed by atoms with van der Waals surface area (Å²) in [5, 5.41) is 10.3. The van der Waals surface area contributed by atoms with Crippen LogP contribution in [0.5, 0.6) is 0 Å². The van der Waals surface area contributed by atoms with Gasteiger partial charge in [0.15, 0.2) is 5.69 Å². The summed E-state index contributed by atoms with van der Waals surface area (Å²) in [6.07, 6.45) is 4.65. The fourth-order valence-electron chi connectivity index (χ4n) is 5.15. The van der Waals surface area contributed by atoms with E-state index in [1.807, 2.05) is 27.8 Å². The SMILES string of the molecule is Cc1ccccc1-n1nc(C(=O)N2CCCC(CNC(=O)Nc3cccc(F)c3)C2)c2c1CCC2. The lowest BCUT2D eigenvalue weighted by Gasteiger charge is -2.32. The smallest absolute Gasteiger partial charge is 0.319 e. The fraction of sp³-hybridized carbons (Fsp3) is 0.370. The normalized spacial score (nSPS) is 17.2. The van der Waals surface area contributed by atoms with Crippen molar-refractivity contribution in [2.45, 2.75) is 39.0 Å². The number of piperidine rings is 1. The van der Waals surface area contributed by atoms with Crippen molar-refractivity contribution in [2.24, 2.45) is 5.92 Å². The van der Waals surface area contributed by atoms with Crippen LogP contribution in [-0.2, 0) is 12.8 Å². The Kier molecular flexibility index (Phi) is 6.53. The number of urea groups is 1. The highest BCUT2D eigenvalue weighted by Crippen LogP contribution is 2.30. The summed E-state index contributed by atoms with van der Waals surface area (Å²) in [5.41, 5.74) is 5.35. The Balaban J connectivity index is 1.25. The van der Waals surface area contributed by atoms with Crippen molar-refractivity contribution in [3.05, 3.63) is 76.9 Å². The average Bonchev–Trinajstić information content (AvgIpc) is 3.46. The second kappa shape index (κ2) is 9.90. The predicted octanol–water partition coefficient (Wildman–Crippen LogP) is 4.48. The van der Waals surface area contributed by atoms with Crippen LogP contribution in [0.3, 0.4) is 0 Å². The molecule has 1 saturated heterocycles. The summed E-state index contributed by atoms with van der Waals surface area (Å²) in [5.74, 6) is -0.276. The number of nitrogens with one attached hydrogen (secondary N) is 2. The Labute approximate surface area is 204 Å². The number of para-hydroxylation sites is 1. The summed E-state index contributed by atoms with van der Waals surface area (Å²) < 4.78 is 15.3. The van der Waals surface area contributed by atoms with Crippen LogP contribution in [0.1, 0.15) is 46.6 Å². The largest absolute Gasteiger partial charge is 0.338 e. The number of carbonyl (C=O) groups is 2. The van der Waals surface area contributed by atoms with E-state index in [0.29, 0.717) is 31.0 Å². The number of aromatic nitrogens is 2. The van der Waals surface area contributed by atoms with E-state index in [1.165, 1.54) is 12.1 Å². The molecule has 2 N–H and O–H groups in total. The fourth-order valence-corrected chi connectivity index (χ4v) is 5.15. The minimum absolute atomic E-state index is 0.0237. The monoisotopic (exact) mass is 475 g/mol. The first-order valence-corrected chi connectivity index (χ1v) is 12.3. The van der Waals surface area contributed by atoms with Gasteiger partial charge in [0.25, 0.3) is 5.91 Å². The van der Waals surface area contributed by atoms with Crippen LogP contribution in [0.2, 0.25) is 0 Å². The molecule has 5 rings (SSSR count). The van der Waals surface area contributed by atoms with E-state index in [0.717, 1.165) is 54.6 Å². The summed E-state index contributed by atoms with van der Waals surface area (Å²) in [6.45, 7) is 3.77. The molecule has 1 unspecified atom stereocenters. The third-order valence-electron chi connectivity index (χ3n) is 6.92. The van der Waals surface area contributed by atoms with Crippen LogP contribution >= 0.6 is 0 Å². The molecule has 2 aromatic carbocycles. The van der Waals surface area contributed by atoms with Gasteiger partial charge in [0, 0.05) is 36.6 Å². The first-order chi connectivity index (χ1) is 17.0.